The maximum Gasteiger partial charge on any atom is 0.256 e. The third kappa shape index (κ3) is 5.09. The van der Waals surface area contributed by atoms with Crippen molar-refractivity contribution < 1.29 is 9.59 Å². The molecule has 1 unspecified atom stereocenters. The van der Waals surface area contributed by atoms with E-state index in [0.717, 1.165) is 11.3 Å². The van der Waals surface area contributed by atoms with Crippen LogP contribution >= 0.6 is 0 Å². The minimum Gasteiger partial charge on any atom is -0.345 e. The lowest BCUT2D eigenvalue weighted by Gasteiger charge is -2.17. The van der Waals surface area contributed by atoms with Gasteiger partial charge in [-0.15, -0.1) is 0 Å². The molecule has 0 radical (unpaired) electrons. The van der Waals surface area contributed by atoms with E-state index < -0.39 is 0 Å². The van der Waals surface area contributed by atoms with Gasteiger partial charge >= 0.3 is 0 Å². The van der Waals surface area contributed by atoms with Gasteiger partial charge in [-0.2, -0.15) is 5.10 Å². The van der Waals surface area contributed by atoms with Crippen molar-refractivity contribution in [1.82, 2.24) is 20.1 Å². The van der Waals surface area contributed by atoms with Crippen molar-refractivity contribution in [2.75, 3.05) is 5.32 Å². The van der Waals surface area contributed by atoms with Gasteiger partial charge in [-0.25, -0.2) is 9.67 Å². The fourth-order valence-electron chi connectivity index (χ4n) is 3.98. The highest BCUT2D eigenvalue weighted by molar-refractivity contribution is 6.14. The Balaban J connectivity index is 1.65. The molecule has 0 saturated heterocycles. The number of para-hydroxylation sites is 1. The van der Waals surface area contributed by atoms with Crippen LogP contribution in [-0.4, -0.2) is 26.6 Å². The maximum atomic E-state index is 13.5. The van der Waals surface area contributed by atoms with E-state index in [2.05, 4.69) is 15.7 Å². The largest absolute Gasteiger partial charge is 0.345 e. The van der Waals surface area contributed by atoms with Gasteiger partial charge in [0, 0.05) is 11.7 Å². The van der Waals surface area contributed by atoms with E-state index in [-0.39, 0.29) is 29.8 Å². The van der Waals surface area contributed by atoms with Crippen molar-refractivity contribution in [3.05, 3.63) is 89.2 Å². The fraction of sp³-hybridized carbons (Fsp3) is 0.286. The van der Waals surface area contributed by atoms with Gasteiger partial charge in [0.2, 0.25) is 0 Å². The van der Waals surface area contributed by atoms with Gasteiger partial charge in [0.05, 0.1) is 34.4 Å². The van der Waals surface area contributed by atoms with E-state index >= 15 is 0 Å². The zero-order valence-corrected chi connectivity index (χ0v) is 20.7. The van der Waals surface area contributed by atoms with Gasteiger partial charge in [0.25, 0.3) is 11.8 Å². The predicted molar refractivity (Wildman–Crippen MR) is 139 cm³/mol. The van der Waals surface area contributed by atoms with Crippen LogP contribution in [0.4, 0.5) is 5.69 Å². The number of pyridine rings is 1. The van der Waals surface area contributed by atoms with E-state index in [1.807, 2.05) is 75.7 Å². The van der Waals surface area contributed by atoms with Crippen LogP contribution in [0, 0.1) is 0 Å². The van der Waals surface area contributed by atoms with Crippen molar-refractivity contribution in [2.24, 2.45) is 0 Å². The first-order valence-corrected chi connectivity index (χ1v) is 11.9. The average molecular weight is 470 g/mol. The summed E-state index contributed by atoms with van der Waals surface area (Å²) in [5.74, 6) is -0.425. The molecule has 2 aromatic carbocycles. The molecule has 180 valence electrons. The van der Waals surface area contributed by atoms with E-state index in [9.17, 15) is 9.59 Å². The SMILES string of the molecule is CC(C)c1cc(C(=O)Nc2ccccc2C(=O)NC(C)c2ccccc2)c2cnn(C(C)C)c2n1. The molecule has 1 atom stereocenters. The third-order valence-electron chi connectivity index (χ3n) is 5.98. The molecule has 4 rings (SSSR count). The van der Waals surface area contributed by atoms with Crippen LogP contribution in [-0.2, 0) is 0 Å². The molecular weight excluding hydrogens is 438 g/mol. The smallest absolute Gasteiger partial charge is 0.256 e. The number of fused-ring (bicyclic) bond motifs is 1. The second kappa shape index (κ2) is 10.1. The predicted octanol–water partition coefficient (Wildman–Crippen LogP) is 5.88. The van der Waals surface area contributed by atoms with Crippen LogP contribution < -0.4 is 10.6 Å². The number of benzene rings is 2. The molecule has 0 bridgehead atoms. The quantitative estimate of drug-likeness (QED) is 0.354. The highest BCUT2D eigenvalue weighted by Crippen LogP contribution is 2.26. The minimum atomic E-state index is -0.307. The number of nitrogens with one attached hydrogen (secondary N) is 2. The Hall–Kier alpha value is -4.00. The molecule has 0 aliphatic carbocycles. The summed E-state index contributed by atoms with van der Waals surface area (Å²) < 4.78 is 1.82. The molecule has 4 aromatic rings. The fourth-order valence-corrected chi connectivity index (χ4v) is 3.98. The first-order chi connectivity index (χ1) is 16.8. The molecule has 2 amide bonds. The number of hydrogen-bond donors (Lipinski definition) is 2. The molecule has 0 saturated carbocycles. The summed E-state index contributed by atoms with van der Waals surface area (Å²) >= 11 is 0. The van der Waals surface area contributed by atoms with E-state index in [1.54, 1.807) is 30.5 Å². The summed E-state index contributed by atoms with van der Waals surface area (Å²) in [6.07, 6.45) is 1.68. The van der Waals surface area contributed by atoms with E-state index in [1.165, 1.54) is 0 Å². The third-order valence-corrected chi connectivity index (χ3v) is 5.98. The molecule has 2 N–H and O–H groups in total. The van der Waals surface area contributed by atoms with Crippen LogP contribution in [0.2, 0.25) is 0 Å². The van der Waals surface area contributed by atoms with Gasteiger partial charge in [-0.1, -0.05) is 56.3 Å². The number of rotatable bonds is 7. The number of carbonyl (C=O) groups is 2. The van der Waals surface area contributed by atoms with Gasteiger partial charge < -0.3 is 10.6 Å². The molecule has 7 nitrogen and oxygen atoms in total. The zero-order chi connectivity index (χ0) is 25.1. The second-order valence-electron chi connectivity index (χ2n) is 9.28. The van der Waals surface area contributed by atoms with Crippen LogP contribution in [0.15, 0.2) is 66.9 Å². The number of nitrogens with zero attached hydrogens (tertiary/aromatic N) is 3. The van der Waals surface area contributed by atoms with Gasteiger partial charge in [0.15, 0.2) is 5.65 Å². The minimum absolute atomic E-state index is 0.106. The number of aromatic nitrogens is 3. The summed E-state index contributed by atoms with van der Waals surface area (Å²) in [5.41, 5.74) is 3.83. The van der Waals surface area contributed by atoms with Crippen LogP contribution in [0.3, 0.4) is 0 Å². The first-order valence-electron chi connectivity index (χ1n) is 11.9. The Labute approximate surface area is 205 Å². The van der Waals surface area contributed by atoms with Crippen molar-refractivity contribution in [3.63, 3.8) is 0 Å². The first kappa shape index (κ1) is 24.1. The molecule has 0 spiro atoms. The topological polar surface area (TPSA) is 88.9 Å². The van der Waals surface area contributed by atoms with Crippen molar-refractivity contribution >= 4 is 28.5 Å². The van der Waals surface area contributed by atoms with Crippen LogP contribution in [0.5, 0.6) is 0 Å². The Kier molecular flexibility index (Phi) is 6.96. The highest BCUT2D eigenvalue weighted by Gasteiger charge is 2.21. The molecule has 0 fully saturated rings. The molecule has 0 aliphatic rings. The summed E-state index contributed by atoms with van der Waals surface area (Å²) in [6.45, 7) is 10.1. The number of amides is 2. The summed E-state index contributed by atoms with van der Waals surface area (Å²) in [4.78, 5) is 31.4. The van der Waals surface area contributed by atoms with Crippen LogP contribution in [0.25, 0.3) is 11.0 Å². The number of anilines is 1. The number of carbonyl (C=O) groups excluding carboxylic acids is 2. The Morgan fingerprint density at radius 1 is 0.857 bits per heavy atom. The lowest BCUT2D eigenvalue weighted by atomic mass is 10.0. The normalized spacial score (nSPS) is 12.2. The standard InChI is InChI=1S/C28H31N5O2/c1-17(2)25-15-22(23-16-29-33(18(3)4)26(23)31-25)28(35)32-24-14-10-9-13-21(24)27(34)30-19(5)20-11-7-6-8-12-20/h6-19H,1-5H3,(H,30,34)(H,32,35). The molecule has 35 heavy (non-hydrogen) atoms. The van der Waals surface area contributed by atoms with Gasteiger partial charge in [-0.05, 0) is 50.5 Å². The van der Waals surface area contributed by atoms with Crippen molar-refractivity contribution in [3.8, 4) is 0 Å². The molecular formula is C28H31N5O2. The summed E-state index contributed by atoms with van der Waals surface area (Å²) in [5, 5.41) is 11.1. The molecule has 7 heteroatoms. The zero-order valence-electron chi connectivity index (χ0n) is 20.7. The van der Waals surface area contributed by atoms with Crippen molar-refractivity contribution in [1.29, 1.82) is 0 Å². The van der Waals surface area contributed by atoms with E-state index in [0.29, 0.717) is 27.8 Å². The average Bonchev–Trinajstić information content (AvgIpc) is 3.28. The summed E-state index contributed by atoms with van der Waals surface area (Å²) in [7, 11) is 0. The van der Waals surface area contributed by atoms with Crippen LogP contribution in [0.1, 0.15) is 84.6 Å². The van der Waals surface area contributed by atoms with E-state index in [4.69, 9.17) is 4.98 Å². The Morgan fingerprint density at radius 2 is 1.54 bits per heavy atom. The lowest BCUT2D eigenvalue weighted by Crippen LogP contribution is -2.28. The second-order valence-corrected chi connectivity index (χ2v) is 9.28. The monoisotopic (exact) mass is 469 g/mol. The Morgan fingerprint density at radius 3 is 2.23 bits per heavy atom. The lowest BCUT2D eigenvalue weighted by molar-refractivity contribution is 0.0940. The molecule has 2 heterocycles. The van der Waals surface area contributed by atoms with Gasteiger partial charge in [-0.3, -0.25) is 9.59 Å². The number of hydrogen-bond acceptors (Lipinski definition) is 4. The van der Waals surface area contributed by atoms with Crippen molar-refractivity contribution in [2.45, 2.75) is 52.6 Å². The summed E-state index contributed by atoms with van der Waals surface area (Å²) in [6, 6.07) is 18.5. The maximum absolute atomic E-state index is 13.5. The highest BCUT2D eigenvalue weighted by atomic mass is 16.2. The van der Waals surface area contributed by atoms with Gasteiger partial charge in [0.1, 0.15) is 0 Å². The molecule has 2 aromatic heterocycles. The molecule has 0 aliphatic heterocycles. The Bertz CT molecular complexity index is 1360.